The first-order chi connectivity index (χ1) is 15.5. The number of nitrogens with zero attached hydrogens (tertiary/aromatic N) is 3. The molecule has 0 amide bonds. The number of methoxy groups -OCH3 is 1. The molecule has 0 unspecified atom stereocenters. The van der Waals surface area contributed by atoms with E-state index in [-0.39, 0.29) is 17.6 Å². The Morgan fingerprint density at radius 3 is 2.81 bits per heavy atom. The zero-order valence-corrected chi connectivity index (χ0v) is 18.8. The highest BCUT2D eigenvalue weighted by Crippen LogP contribution is 2.41. The maximum Gasteiger partial charge on any atom is 0.227 e. The molecule has 1 aromatic heterocycles. The fraction of sp³-hybridized carbons (Fsp3) is 0.261. The minimum absolute atomic E-state index is 0.132. The molecule has 1 aliphatic heterocycles. The van der Waals surface area contributed by atoms with Crippen LogP contribution in [-0.2, 0) is 10.5 Å². The summed E-state index contributed by atoms with van der Waals surface area (Å²) in [5, 5.41) is 8.96. The molecule has 0 saturated heterocycles. The highest BCUT2D eigenvalue weighted by molar-refractivity contribution is 7.98. The molecule has 2 aliphatic rings. The monoisotopic (exact) mass is 470 g/mol. The number of anilines is 1. The van der Waals surface area contributed by atoms with Gasteiger partial charge in [-0.1, -0.05) is 41.6 Å². The number of thioether (sulfide) groups is 1. The molecule has 5 rings (SSSR count). The molecule has 32 heavy (non-hydrogen) atoms. The second-order valence-electron chi connectivity index (χ2n) is 7.66. The van der Waals surface area contributed by atoms with E-state index in [0.717, 1.165) is 41.0 Å². The zero-order valence-electron chi connectivity index (χ0n) is 17.3. The Labute approximate surface area is 193 Å². The van der Waals surface area contributed by atoms with Crippen LogP contribution in [0.4, 0.5) is 10.3 Å². The number of halogens is 2. The predicted molar refractivity (Wildman–Crippen MR) is 122 cm³/mol. The number of allylic oxidation sites excluding steroid dienone is 2. The molecule has 1 N–H and O–H groups in total. The van der Waals surface area contributed by atoms with Crippen LogP contribution in [0, 0.1) is 5.82 Å². The molecule has 0 fully saturated rings. The molecule has 0 radical (unpaired) electrons. The Morgan fingerprint density at radius 1 is 1.25 bits per heavy atom. The normalized spacial score (nSPS) is 17.6. The van der Waals surface area contributed by atoms with Crippen molar-refractivity contribution in [2.45, 2.75) is 36.2 Å². The van der Waals surface area contributed by atoms with Crippen LogP contribution < -0.4 is 10.1 Å². The quantitative estimate of drug-likeness (QED) is 0.504. The lowest BCUT2D eigenvalue weighted by atomic mass is 9.85. The van der Waals surface area contributed by atoms with Crippen LogP contribution in [0.25, 0.3) is 0 Å². The van der Waals surface area contributed by atoms with E-state index < -0.39 is 0 Å². The molecular weight excluding hydrogens is 451 g/mol. The van der Waals surface area contributed by atoms with Gasteiger partial charge in [-0.3, -0.25) is 4.79 Å². The Hall–Kier alpha value is -2.84. The highest BCUT2D eigenvalue weighted by Gasteiger charge is 2.36. The third-order valence-corrected chi connectivity index (χ3v) is 6.89. The van der Waals surface area contributed by atoms with Crippen molar-refractivity contribution in [2.24, 2.45) is 0 Å². The molecular formula is C23H20ClFN4O2S. The Kier molecular flexibility index (Phi) is 5.65. The van der Waals surface area contributed by atoms with Crippen molar-refractivity contribution in [3.63, 3.8) is 0 Å². The average Bonchev–Trinajstić information content (AvgIpc) is 3.20. The van der Waals surface area contributed by atoms with Crippen LogP contribution in [0.5, 0.6) is 5.75 Å². The average molecular weight is 471 g/mol. The smallest absolute Gasteiger partial charge is 0.227 e. The van der Waals surface area contributed by atoms with Crippen molar-refractivity contribution in [3.05, 3.63) is 75.7 Å². The first-order valence-electron chi connectivity index (χ1n) is 10.2. The molecule has 1 aliphatic carbocycles. The number of rotatable bonds is 5. The summed E-state index contributed by atoms with van der Waals surface area (Å²) in [6.07, 6.45) is 2.15. The number of hydrogen-bond donors (Lipinski definition) is 1. The molecule has 2 aromatic carbocycles. The minimum atomic E-state index is -0.368. The SMILES string of the molecule is COc1ccc([C@@H]2C3=C(CCCC3=O)Nc3nc(SCc4ccc(F)cc4Cl)nn32)cc1. The van der Waals surface area contributed by atoms with Gasteiger partial charge in [-0.2, -0.15) is 4.98 Å². The van der Waals surface area contributed by atoms with Crippen LogP contribution in [0.15, 0.2) is 58.9 Å². The van der Waals surface area contributed by atoms with Crippen molar-refractivity contribution in [3.8, 4) is 5.75 Å². The van der Waals surface area contributed by atoms with Crippen LogP contribution in [0.1, 0.15) is 36.4 Å². The number of carbonyl (C=O) groups is 1. The molecule has 0 bridgehead atoms. The van der Waals surface area contributed by atoms with E-state index in [4.69, 9.17) is 21.4 Å². The van der Waals surface area contributed by atoms with Gasteiger partial charge >= 0.3 is 0 Å². The van der Waals surface area contributed by atoms with Gasteiger partial charge in [0, 0.05) is 28.5 Å². The number of Topliss-reactive ketones (excluding diaryl/α,β-unsaturated/α-hetero) is 1. The zero-order chi connectivity index (χ0) is 22.2. The second kappa shape index (κ2) is 8.60. The third-order valence-electron chi connectivity index (χ3n) is 5.65. The van der Waals surface area contributed by atoms with Gasteiger partial charge in [0.15, 0.2) is 5.78 Å². The number of ether oxygens (including phenoxy) is 1. The number of aromatic nitrogens is 3. The number of fused-ring (bicyclic) bond motifs is 1. The summed E-state index contributed by atoms with van der Waals surface area (Å²) in [7, 11) is 1.62. The van der Waals surface area contributed by atoms with Gasteiger partial charge in [0.1, 0.15) is 17.6 Å². The minimum Gasteiger partial charge on any atom is -0.497 e. The summed E-state index contributed by atoms with van der Waals surface area (Å²) in [5.74, 6) is 1.62. The molecule has 3 aromatic rings. The Morgan fingerprint density at radius 2 is 2.06 bits per heavy atom. The summed E-state index contributed by atoms with van der Waals surface area (Å²) in [5.41, 5.74) is 3.41. The van der Waals surface area contributed by atoms with E-state index in [1.54, 1.807) is 17.9 Å². The van der Waals surface area contributed by atoms with Gasteiger partial charge in [-0.25, -0.2) is 9.07 Å². The van der Waals surface area contributed by atoms with Crippen LogP contribution >= 0.6 is 23.4 Å². The molecule has 0 saturated carbocycles. The van der Waals surface area contributed by atoms with Gasteiger partial charge in [0.2, 0.25) is 11.1 Å². The Bertz CT molecular complexity index is 1230. The topological polar surface area (TPSA) is 69.0 Å². The molecule has 1 atom stereocenters. The van der Waals surface area contributed by atoms with Crippen LogP contribution in [0.3, 0.4) is 0 Å². The number of ketones is 1. The van der Waals surface area contributed by atoms with E-state index in [2.05, 4.69) is 10.3 Å². The molecule has 0 spiro atoms. The van der Waals surface area contributed by atoms with Gasteiger partial charge in [0.05, 0.1) is 7.11 Å². The molecule has 6 nitrogen and oxygen atoms in total. The number of benzene rings is 2. The van der Waals surface area contributed by atoms with Crippen molar-refractivity contribution in [1.29, 1.82) is 0 Å². The van der Waals surface area contributed by atoms with E-state index >= 15 is 0 Å². The lowest BCUT2D eigenvalue weighted by Crippen LogP contribution is -2.31. The number of hydrogen-bond acceptors (Lipinski definition) is 6. The van der Waals surface area contributed by atoms with E-state index in [9.17, 15) is 9.18 Å². The summed E-state index contributed by atoms with van der Waals surface area (Å²) < 4.78 is 20.4. The highest BCUT2D eigenvalue weighted by atomic mass is 35.5. The lowest BCUT2D eigenvalue weighted by Gasteiger charge is -2.32. The molecule has 2 heterocycles. The van der Waals surface area contributed by atoms with Crippen molar-refractivity contribution in [2.75, 3.05) is 12.4 Å². The van der Waals surface area contributed by atoms with E-state index in [1.807, 2.05) is 24.3 Å². The lowest BCUT2D eigenvalue weighted by molar-refractivity contribution is -0.116. The van der Waals surface area contributed by atoms with Crippen molar-refractivity contribution >= 4 is 35.1 Å². The van der Waals surface area contributed by atoms with Gasteiger partial charge < -0.3 is 10.1 Å². The first kappa shape index (κ1) is 21.0. The summed E-state index contributed by atoms with van der Waals surface area (Å²) in [6.45, 7) is 0. The maximum atomic E-state index is 13.3. The van der Waals surface area contributed by atoms with E-state index in [0.29, 0.717) is 28.3 Å². The largest absolute Gasteiger partial charge is 0.497 e. The molecule has 9 heteroatoms. The van der Waals surface area contributed by atoms with Gasteiger partial charge in [-0.15, -0.1) is 5.10 Å². The Balaban J connectivity index is 1.49. The first-order valence-corrected chi connectivity index (χ1v) is 11.6. The van der Waals surface area contributed by atoms with Gasteiger partial charge in [-0.05, 0) is 48.2 Å². The maximum absolute atomic E-state index is 13.3. The van der Waals surface area contributed by atoms with Crippen LogP contribution in [0.2, 0.25) is 5.02 Å². The second-order valence-corrected chi connectivity index (χ2v) is 9.01. The fourth-order valence-electron chi connectivity index (χ4n) is 4.07. The van der Waals surface area contributed by atoms with E-state index in [1.165, 1.54) is 23.9 Å². The predicted octanol–water partition coefficient (Wildman–Crippen LogP) is 5.39. The van der Waals surface area contributed by atoms with Crippen molar-refractivity contribution in [1.82, 2.24) is 14.8 Å². The van der Waals surface area contributed by atoms with Crippen LogP contribution in [-0.4, -0.2) is 27.7 Å². The molecule has 164 valence electrons. The number of carbonyl (C=O) groups excluding carboxylic acids is 1. The third kappa shape index (κ3) is 3.89. The standard InChI is InChI=1S/C23H20ClFN4O2S/c1-31-16-9-6-13(7-10-16)21-20-18(3-2-4-19(20)30)26-22-27-23(28-29(21)22)32-12-14-5-8-15(25)11-17(14)24/h5-11,21H,2-4,12H2,1H3,(H,26,27,28)/t21-/m1/s1. The summed E-state index contributed by atoms with van der Waals surface area (Å²) in [4.78, 5) is 17.5. The van der Waals surface area contributed by atoms with Crippen molar-refractivity contribution < 1.29 is 13.9 Å². The number of nitrogens with one attached hydrogen (secondary N) is 1. The summed E-state index contributed by atoms with van der Waals surface area (Å²) >= 11 is 7.57. The van der Waals surface area contributed by atoms with Gasteiger partial charge in [0.25, 0.3) is 0 Å². The summed E-state index contributed by atoms with van der Waals surface area (Å²) in [6, 6.07) is 11.7. The fourth-order valence-corrected chi connectivity index (χ4v) is 5.22.